The van der Waals surface area contributed by atoms with E-state index >= 15 is 0 Å². The molecule has 0 aromatic heterocycles. The van der Waals surface area contributed by atoms with Gasteiger partial charge in [0.05, 0.1) is 21.3 Å². The summed E-state index contributed by atoms with van der Waals surface area (Å²) in [6.45, 7) is 6.73. The Morgan fingerprint density at radius 1 is 1.00 bits per heavy atom. The molecule has 0 radical (unpaired) electrons. The number of aryl methyl sites for hydroxylation is 1. The van der Waals surface area contributed by atoms with E-state index in [9.17, 15) is 9.90 Å². The number of carbonyl (C=O) groups is 1. The zero-order valence-corrected chi connectivity index (χ0v) is 21.1. The Kier molecular flexibility index (Phi) is 11.5. The number of benzene rings is 2. The molecule has 33 heavy (non-hydrogen) atoms. The van der Waals surface area contributed by atoms with Crippen LogP contribution in [-0.2, 0) is 6.42 Å². The van der Waals surface area contributed by atoms with Crippen LogP contribution >= 0.6 is 12.4 Å². The molecule has 1 atom stereocenters. The molecular formula is C25H36ClNO6. The van der Waals surface area contributed by atoms with Crippen LogP contribution in [0.4, 0.5) is 0 Å². The number of para-hydroxylation sites is 1. The van der Waals surface area contributed by atoms with Gasteiger partial charge in [0.15, 0.2) is 17.3 Å². The SMILES string of the molecule is COc1cc(C(=O)CCc2ccccc2OCC(O)CNC(C)(C)C)cc(OC)c1OC.Cl. The van der Waals surface area contributed by atoms with E-state index in [1.165, 1.54) is 21.3 Å². The van der Waals surface area contributed by atoms with Crippen molar-refractivity contribution in [3.8, 4) is 23.0 Å². The van der Waals surface area contributed by atoms with Crippen LogP contribution in [0.3, 0.4) is 0 Å². The van der Waals surface area contributed by atoms with Gasteiger partial charge in [0.25, 0.3) is 0 Å². The van der Waals surface area contributed by atoms with Crippen LogP contribution in [0.1, 0.15) is 43.1 Å². The third-order valence-electron chi connectivity index (χ3n) is 4.88. The van der Waals surface area contributed by atoms with Crippen LogP contribution in [0.15, 0.2) is 36.4 Å². The number of ether oxygens (including phenoxy) is 4. The molecule has 0 heterocycles. The number of hydrogen-bond donors (Lipinski definition) is 2. The molecule has 0 spiro atoms. The van der Waals surface area contributed by atoms with Crippen LogP contribution in [0.5, 0.6) is 23.0 Å². The van der Waals surface area contributed by atoms with Crippen molar-refractivity contribution in [2.45, 2.75) is 45.3 Å². The Hall–Kier alpha value is -2.48. The molecule has 0 saturated heterocycles. The van der Waals surface area contributed by atoms with E-state index in [1.54, 1.807) is 12.1 Å². The van der Waals surface area contributed by atoms with Gasteiger partial charge in [-0.2, -0.15) is 0 Å². The topological polar surface area (TPSA) is 86.3 Å². The lowest BCUT2D eigenvalue weighted by Crippen LogP contribution is -2.42. The van der Waals surface area contributed by atoms with Gasteiger partial charge in [0, 0.05) is 24.1 Å². The summed E-state index contributed by atoms with van der Waals surface area (Å²) in [7, 11) is 4.56. The minimum atomic E-state index is -0.636. The maximum atomic E-state index is 12.9. The lowest BCUT2D eigenvalue weighted by molar-refractivity contribution is 0.0972. The second kappa shape index (κ2) is 13.3. The number of methoxy groups -OCH3 is 3. The largest absolute Gasteiger partial charge is 0.493 e. The maximum Gasteiger partial charge on any atom is 0.203 e. The van der Waals surface area contributed by atoms with Gasteiger partial charge in [0.2, 0.25) is 5.75 Å². The average molecular weight is 482 g/mol. The molecule has 0 saturated carbocycles. The van der Waals surface area contributed by atoms with Crippen molar-refractivity contribution in [1.29, 1.82) is 0 Å². The number of nitrogens with one attached hydrogen (secondary N) is 1. The summed E-state index contributed by atoms with van der Waals surface area (Å²) in [4.78, 5) is 12.9. The molecule has 184 valence electrons. The highest BCUT2D eigenvalue weighted by Gasteiger charge is 2.18. The predicted octanol–water partition coefficient (Wildman–Crippen LogP) is 4.08. The van der Waals surface area contributed by atoms with Crippen molar-refractivity contribution >= 4 is 18.2 Å². The number of aliphatic hydroxyl groups is 1. The molecule has 0 aliphatic carbocycles. The molecule has 2 aromatic carbocycles. The van der Waals surface area contributed by atoms with Crippen molar-refractivity contribution in [2.24, 2.45) is 0 Å². The standard InChI is InChI=1S/C25H35NO6.ClH/c1-25(2,3)26-15-19(27)16-32-21-10-8-7-9-17(21)11-12-20(28)18-13-22(29-4)24(31-6)23(14-18)30-5;/h7-10,13-14,19,26-27H,11-12,15-16H2,1-6H3;1H. The average Bonchev–Trinajstić information content (AvgIpc) is 2.78. The Morgan fingerprint density at radius 2 is 1.61 bits per heavy atom. The number of hydrogen-bond acceptors (Lipinski definition) is 7. The molecule has 8 heteroatoms. The molecule has 0 amide bonds. The first-order valence-corrected chi connectivity index (χ1v) is 10.7. The molecule has 2 rings (SSSR count). The second-order valence-corrected chi connectivity index (χ2v) is 8.54. The summed E-state index contributed by atoms with van der Waals surface area (Å²) in [6, 6.07) is 10.9. The van der Waals surface area contributed by atoms with E-state index < -0.39 is 6.10 Å². The molecule has 2 N–H and O–H groups in total. The minimum absolute atomic E-state index is 0. The van der Waals surface area contributed by atoms with Gasteiger partial charge in [-0.1, -0.05) is 18.2 Å². The van der Waals surface area contributed by atoms with Crippen molar-refractivity contribution in [2.75, 3.05) is 34.5 Å². The summed E-state index contributed by atoms with van der Waals surface area (Å²) >= 11 is 0. The Morgan fingerprint density at radius 3 is 2.15 bits per heavy atom. The third-order valence-corrected chi connectivity index (χ3v) is 4.88. The summed E-state index contributed by atoms with van der Waals surface area (Å²) in [5.41, 5.74) is 1.32. The summed E-state index contributed by atoms with van der Waals surface area (Å²) < 4.78 is 21.8. The Labute approximate surface area is 202 Å². The normalized spacial score (nSPS) is 11.8. The molecule has 1 unspecified atom stereocenters. The first-order valence-electron chi connectivity index (χ1n) is 10.7. The van der Waals surface area contributed by atoms with E-state index in [4.69, 9.17) is 18.9 Å². The molecular weight excluding hydrogens is 446 g/mol. The number of halogens is 1. The van der Waals surface area contributed by atoms with Crippen molar-refractivity contribution in [1.82, 2.24) is 5.32 Å². The van der Waals surface area contributed by atoms with E-state index in [2.05, 4.69) is 5.32 Å². The quantitative estimate of drug-likeness (QED) is 0.442. The van der Waals surface area contributed by atoms with E-state index in [-0.39, 0.29) is 36.8 Å². The molecule has 0 aliphatic heterocycles. The molecule has 7 nitrogen and oxygen atoms in total. The van der Waals surface area contributed by atoms with Crippen LogP contribution in [0.25, 0.3) is 0 Å². The Bertz CT molecular complexity index is 872. The fraction of sp³-hybridized carbons (Fsp3) is 0.480. The van der Waals surface area contributed by atoms with Crippen LogP contribution in [-0.4, -0.2) is 57.0 Å². The summed E-state index contributed by atoms with van der Waals surface area (Å²) in [5.74, 6) is 1.95. The number of aliphatic hydroxyl groups excluding tert-OH is 1. The smallest absolute Gasteiger partial charge is 0.203 e. The lowest BCUT2D eigenvalue weighted by atomic mass is 10.0. The van der Waals surface area contributed by atoms with Crippen LogP contribution < -0.4 is 24.3 Å². The second-order valence-electron chi connectivity index (χ2n) is 8.54. The zero-order chi connectivity index (χ0) is 23.7. The molecule has 0 aliphatic rings. The van der Waals surface area contributed by atoms with Crippen molar-refractivity contribution < 1.29 is 28.8 Å². The minimum Gasteiger partial charge on any atom is -0.493 e. The lowest BCUT2D eigenvalue weighted by Gasteiger charge is -2.23. The van der Waals surface area contributed by atoms with E-state index in [0.29, 0.717) is 41.5 Å². The van der Waals surface area contributed by atoms with Gasteiger partial charge in [-0.05, 0) is 51.0 Å². The number of ketones is 1. The first-order chi connectivity index (χ1) is 15.2. The highest BCUT2D eigenvalue weighted by atomic mass is 35.5. The highest BCUT2D eigenvalue weighted by molar-refractivity contribution is 5.97. The zero-order valence-electron chi connectivity index (χ0n) is 20.3. The number of carbonyl (C=O) groups excluding carboxylic acids is 1. The predicted molar refractivity (Wildman–Crippen MR) is 132 cm³/mol. The van der Waals surface area contributed by atoms with Gasteiger partial charge in [-0.3, -0.25) is 4.79 Å². The van der Waals surface area contributed by atoms with Crippen molar-refractivity contribution in [3.05, 3.63) is 47.5 Å². The van der Waals surface area contributed by atoms with E-state index in [0.717, 1.165) is 5.56 Å². The van der Waals surface area contributed by atoms with Crippen LogP contribution in [0, 0.1) is 0 Å². The van der Waals surface area contributed by atoms with Gasteiger partial charge < -0.3 is 29.4 Å². The van der Waals surface area contributed by atoms with Crippen molar-refractivity contribution in [3.63, 3.8) is 0 Å². The number of rotatable bonds is 12. The Balaban J connectivity index is 0.00000544. The highest BCUT2D eigenvalue weighted by Crippen LogP contribution is 2.38. The number of β-amino-alcohol motifs (C(OH)–C–C–N with tert-alkyl or cyclic N) is 1. The van der Waals surface area contributed by atoms with E-state index in [1.807, 2.05) is 45.0 Å². The molecule has 0 bridgehead atoms. The summed E-state index contributed by atoms with van der Waals surface area (Å²) in [6.07, 6.45) is 0.151. The summed E-state index contributed by atoms with van der Waals surface area (Å²) in [5, 5.41) is 13.5. The van der Waals surface area contributed by atoms with Gasteiger partial charge in [-0.25, -0.2) is 0 Å². The first kappa shape index (κ1) is 28.6. The fourth-order valence-corrected chi connectivity index (χ4v) is 3.15. The maximum absolute atomic E-state index is 12.9. The monoisotopic (exact) mass is 481 g/mol. The van der Waals surface area contributed by atoms with Gasteiger partial charge in [-0.15, -0.1) is 12.4 Å². The van der Waals surface area contributed by atoms with Gasteiger partial charge in [0.1, 0.15) is 18.5 Å². The fourth-order valence-electron chi connectivity index (χ4n) is 3.15. The molecule has 2 aromatic rings. The third kappa shape index (κ3) is 8.76. The van der Waals surface area contributed by atoms with Gasteiger partial charge >= 0.3 is 0 Å². The molecule has 0 fully saturated rings. The number of Topliss-reactive ketones (excluding diaryl/α,β-unsaturated/α-hetero) is 1. The van der Waals surface area contributed by atoms with Crippen LogP contribution in [0.2, 0.25) is 0 Å².